The Hall–Kier alpha value is -0.480. The van der Waals surface area contributed by atoms with Crippen LogP contribution in [0.4, 0.5) is 4.39 Å². The minimum atomic E-state index is -0.426. The molecule has 14 heavy (non-hydrogen) atoms. The van der Waals surface area contributed by atoms with E-state index in [0.29, 0.717) is 0 Å². The summed E-state index contributed by atoms with van der Waals surface area (Å²) in [6, 6.07) is 1.47. The average Bonchev–Trinajstić information content (AvgIpc) is 2.87. The Bertz CT molecular complexity index is 350. The van der Waals surface area contributed by atoms with Crippen LogP contribution in [0.25, 0.3) is 0 Å². The standard InChI is InChI=1S/C10H12BrFN2/c11-8-6-14-9(12)5-7(8)1-2-10(13)3-4-10/h5-6H,1-4,13H2. The van der Waals surface area contributed by atoms with Gasteiger partial charge in [-0.05, 0) is 53.2 Å². The van der Waals surface area contributed by atoms with Crippen LogP contribution in [0.3, 0.4) is 0 Å². The summed E-state index contributed by atoms with van der Waals surface area (Å²) >= 11 is 3.35. The van der Waals surface area contributed by atoms with Crippen LogP contribution < -0.4 is 5.73 Å². The largest absolute Gasteiger partial charge is 0.325 e. The van der Waals surface area contributed by atoms with Gasteiger partial charge in [0.15, 0.2) is 0 Å². The van der Waals surface area contributed by atoms with Gasteiger partial charge in [-0.1, -0.05) is 0 Å². The molecule has 0 amide bonds. The van der Waals surface area contributed by atoms with Crippen molar-refractivity contribution in [1.82, 2.24) is 4.98 Å². The molecule has 4 heteroatoms. The molecule has 1 aromatic rings. The van der Waals surface area contributed by atoms with E-state index < -0.39 is 5.95 Å². The fraction of sp³-hybridized carbons (Fsp3) is 0.500. The molecule has 0 aliphatic heterocycles. The van der Waals surface area contributed by atoms with Crippen molar-refractivity contribution in [2.75, 3.05) is 0 Å². The smallest absolute Gasteiger partial charge is 0.213 e. The van der Waals surface area contributed by atoms with Crippen LogP contribution in [-0.2, 0) is 6.42 Å². The third-order valence-corrected chi connectivity index (χ3v) is 3.40. The molecule has 0 saturated heterocycles. The maximum Gasteiger partial charge on any atom is 0.213 e. The van der Waals surface area contributed by atoms with Gasteiger partial charge in [-0.15, -0.1) is 0 Å². The number of halogens is 2. The molecule has 1 aliphatic carbocycles. The SMILES string of the molecule is NC1(CCc2cc(F)ncc2Br)CC1. The van der Waals surface area contributed by atoms with Crippen molar-refractivity contribution >= 4 is 15.9 Å². The van der Waals surface area contributed by atoms with Crippen molar-refractivity contribution in [2.24, 2.45) is 5.73 Å². The lowest BCUT2D eigenvalue weighted by atomic mass is 10.1. The molecular weight excluding hydrogens is 247 g/mol. The Morgan fingerprint density at radius 3 is 2.93 bits per heavy atom. The number of nitrogens with two attached hydrogens (primary N) is 1. The summed E-state index contributed by atoms with van der Waals surface area (Å²) in [5, 5.41) is 0. The molecule has 2 rings (SSSR count). The summed E-state index contributed by atoms with van der Waals surface area (Å²) in [5.74, 6) is -0.426. The second-order valence-electron chi connectivity index (χ2n) is 3.96. The van der Waals surface area contributed by atoms with Crippen LogP contribution in [0, 0.1) is 5.95 Å². The van der Waals surface area contributed by atoms with Gasteiger partial charge in [-0.25, -0.2) is 4.98 Å². The molecular formula is C10H12BrFN2. The van der Waals surface area contributed by atoms with E-state index in [1.165, 1.54) is 12.3 Å². The van der Waals surface area contributed by atoms with Crippen molar-refractivity contribution in [3.8, 4) is 0 Å². The Balaban J connectivity index is 2.04. The highest BCUT2D eigenvalue weighted by atomic mass is 79.9. The highest BCUT2D eigenvalue weighted by Crippen LogP contribution is 2.37. The Morgan fingerprint density at radius 1 is 1.57 bits per heavy atom. The monoisotopic (exact) mass is 258 g/mol. The number of nitrogens with zero attached hydrogens (tertiary/aromatic N) is 1. The first-order valence-corrected chi connectivity index (χ1v) is 5.47. The molecule has 1 saturated carbocycles. The minimum absolute atomic E-state index is 0.0270. The number of rotatable bonds is 3. The summed E-state index contributed by atoms with van der Waals surface area (Å²) in [4.78, 5) is 3.55. The van der Waals surface area contributed by atoms with Gasteiger partial charge < -0.3 is 5.73 Å². The van der Waals surface area contributed by atoms with Gasteiger partial charge >= 0.3 is 0 Å². The highest BCUT2D eigenvalue weighted by molar-refractivity contribution is 9.10. The molecule has 0 spiro atoms. The maximum absolute atomic E-state index is 12.8. The van der Waals surface area contributed by atoms with Crippen molar-refractivity contribution < 1.29 is 4.39 Å². The Labute approximate surface area is 90.8 Å². The molecule has 0 radical (unpaired) electrons. The zero-order valence-corrected chi connectivity index (χ0v) is 9.35. The second kappa shape index (κ2) is 3.59. The summed E-state index contributed by atoms with van der Waals surface area (Å²) in [6.45, 7) is 0. The number of hydrogen-bond donors (Lipinski definition) is 1. The van der Waals surface area contributed by atoms with E-state index in [4.69, 9.17) is 5.73 Å². The fourth-order valence-electron chi connectivity index (χ4n) is 1.44. The average molecular weight is 259 g/mol. The van der Waals surface area contributed by atoms with Gasteiger partial charge in [0.2, 0.25) is 5.95 Å². The molecule has 76 valence electrons. The Morgan fingerprint density at radius 2 is 2.29 bits per heavy atom. The molecule has 1 aliphatic rings. The maximum atomic E-state index is 12.8. The summed E-state index contributed by atoms with van der Waals surface area (Å²) in [7, 11) is 0. The minimum Gasteiger partial charge on any atom is -0.325 e. The normalized spacial score (nSPS) is 18.2. The zero-order valence-electron chi connectivity index (χ0n) is 7.76. The van der Waals surface area contributed by atoms with Gasteiger partial charge in [0, 0.05) is 16.2 Å². The lowest BCUT2D eigenvalue weighted by Gasteiger charge is -2.09. The van der Waals surface area contributed by atoms with E-state index in [2.05, 4.69) is 20.9 Å². The summed E-state index contributed by atoms with van der Waals surface area (Å²) in [5.41, 5.74) is 6.94. The molecule has 2 nitrogen and oxygen atoms in total. The van der Waals surface area contributed by atoms with E-state index >= 15 is 0 Å². The van der Waals surface area contributed by atoms with E-state index in [9.17, 15) is 4.39 Å². The van der Waals surface area contributed by atoms with Crippen LogP contribution in [0.5, 0.6) is 0 Å². The first-order valence-electron chi connectivity index (χ1n) is 4.68. The molecule has 1 heterocycles. The van der Waals surface area contributed by atoms with Gasteiger partial charge in [0.25, 0.3) is 0 Å². The number of hydrogen-bond acceptors (Lipinski definition) is 2. The van der Waals surface area contributed by atoms with Crippen molar-refractivity contribution in [2.45, 2.75) is 31.2 Å². The second-order valence-corrected chi connectivity index (χ2v) is 4.82. The van der Waals surface area contributed by atoms with Crippen LogP contribution >= 0.6 is 15.9 Å². The lowest BCUT2D eigenvalue weighted by Crippen LogP contribution is -2.22. The molecule has 0 bridgehead atoms. The third-order valence-electron chi connectivity index (χ3n) is 2.69. The molecule has 1 aromatic heterocycles. The molecule has 1 fully saturated rings. The van der Waals surface area contributed by atoms with Crippen LogP contribution in [-0.4, -0.2) is 10.5 Å². The van der Waals surface area contributed by atoms with E-state index in [-0.39, 0.29) is 5.54 Å². The van der Waals surface area contributed by atoms with Gasteiger partial charge in [0.1, 0.15) is 0 Å². The van der Waals surface area contributed by atoms with Crippen LogP contribution in [0.15, 0.2) is 16.7 Å². The van der Waals surface area contributed by atoms with E-state index in [1.54, 1.807) is 0 Å². The first kappa shape index (κ1) is 10.1. The quantitative estimate of drug-likeness (QED) is 0.846. The molecule has 0 aromatic carbocycles. The fourth-order valence-corrected chi connectivity index (χ4v) is 1.85. The zero-order chi connectivity index (χ0) is 10.2. The van der Waals surface area contributed by atoms with E-state index in [1.807, 2.05) is 0 Å². The Kier molecular flexibility index (Phi) is 2.58. The molecule has 0 atom stereocenters. The number of pyridine rings is 1. The van der Waals surface area contributed by atoms with Gasteiger partial charge in [-0.2, -0.15) is 4.39 Å². The first-order chi connectivity index (χ1) is 6.59. The van der Waals surface area contributed by atoms with Gasteiger partial charge in [-0.3, -0.25) is 0 Å². The summed E-state index contributed by atoms with van der Waals surface area (Å²) < 4.78 is 13.7. The van der Waals surface area contributed by atoms with Crippen LogP contribution in [0.1, 0.15) is 24.8 Å². The van der Waals surface area contributed by atoms with E-state index in [0.717, 1.165) is 35.7 Å². The highest BCUT2D eigenvalue weighted by Gasteiger charge is 2.37. The lowest BCUT2D eigenvalue weighted by molar-refractivity contribution is 0.572. The number of aryl methyl sites for hydroxylation is 1. The summed E-state index contributed by atoms with van der Waals surface area (Å²) in [6.07, 6.45) is 5.43. The topological polar surface area (TPSA) is 38.9 Å². The predicted octanol–water partition coefficient (Wildman–Crippen LogP) is 2.41. The van der Waals surface area contributed by atoms with Crippen molar-refractivity contribution in [3.63, 3.8) is 0 Å². The van der Waals surface area contributed by atoms with Crippen molar-refractivity contribution in [1.29, 1.82) is 0 Å². The molecule has 2 N–H and O–H groups in total. The van der Waals surface area contributed by atoms with Crippen molar-refractivity contribution in [3.05, 3.63) is 28.2 Å². The molecule has 0 unspecified atom stereocenters. The predicted molar refractivity (Wildman–Crippen MR) is 56.4 cm³/mol. The van der Waals surface area contributed by atoms with Gasteiger partial charge in [0.05, 0.1) is 0 Å². The van der Waals surface area contributed by atoms with Crippen LogP contribution in [0.2, 0.25) is 0 Å². The third kappa shape index (κ3) is 2.30. The number of aromatic nitrogens is 1.